The van der Waals surface area contributed by atoms with Gasteiger partial charge in [-0.3, -0.25) is 0 Å². The monoisotopic (exact) mass is 266 g/mol. The van der Waals surface area contributed by atoms with Crippen molar-refractivity contribution < 1.29 is 9.90 Å². The van der Waals surface area contributed by atoms with E-state index in [1.165, 1.54) is 6.07 Å². The third kappa shape index (κ3) is 3.16. The molecule has 4 nitrogen and oxygen atoms in total. The highest BCUT2D eigenvalue weighted by molar-refractivity contribution is 8.00. The number of pyridine rings is 1. The Hall–Kier alpha value is -1.23. The Bertz CT molecular complexity index is 448. The smallest absolute Gasteiger partial charge is 0.354 e. The highest BCUT2D eigenvalue weighted by atomic mass is 32.2. The van der Waals surface area contributed by atoms with Crippen molar-refractivity contribution in [3.05, 3.63) is 23.9 Å². The lowest BCUT2D eigenvalue weighted by atomic mass is 10.1. The molecule has 0 saturated carbocycles. The predicted octanol–water partition coefficient (Wildman–Crippen LogP) is 2.50. The Balaban J connectivity index is 2.16. The molecule has 0 amide bonds. The van der Waals surface area contributed by atoms with E-state index in [1.807, 2.05) is 17.8 Å². The molecule has 1 aromatic heterocycles. The van der Waals surface area contributed by atoms with Gasteiger partial charge in [-0.1, -0.05) is 19.9 Å². The summed E-state index contributed by atoms with van der Waals surface area (Å²) in [5.41, 5.74) is 0.115. The van der Waals surface area contributed by atoms with Crippen LogP contribution in [0, 0.1) is 0 Å². The van der Waals surface area contributed by atoms with Crippen LogP contribution in [0.3, 0.4) is 0 Å². The molecular weight excluding hydrogens is 248 g/mol. The minimum atomic E-state index is -0.971. The van der Waals surface area contributed by atoms with Crippen LogP contribution < -0.4 is 4.90 Å². The number of hydrogen-bond acceptors (Lipinski definition) is 4. The molecule has 1 fully saturated rings. The van der Waals surface area contributed by atoms with E-state index in [2.05, 4.69) is 23.7 Å². The van der Waals surface area contributed by atoms with Crippen LogP contribution in [0.5, 0.6) is 0 Å². The minimum absolute atomic E-state index is 0.115. The summed E-state index contributed by atoms with van der Waals surface area (Å²) < 4.78 is 0.291. The number of aromatic nitrogens is 1. The van der Waals surface area contributed by atoms with Crippen LogP contribution in [0.4, 0.5) is 5.82 Å². The lowest BCUT2D eigenvalue weighted by Gasteiger charge is -2.23. The van der Waals surface area contributed by atoms with Crippen LogP contribution >= 0.6 is 11.8 Å². The Morgan fingerprint density at radius 2 is 2.22 bits per heavy atom. The number of thioether (sulfide) groups is 1. The SMILES string of the molecule is CC1(C)CCN(c2cccc(C(=O)O)n2)CCS1. The molecule has 1 aliphatic heterocycles. The topological polar surface area (TPSA) is 53.4 Å². The van der Waals surface area contributed by atoms with Crippen molar-refractivity contribution >= 4 is 23.5 Å². The molecule has 98 valence electrons. The molecule has 0 aromatic carbocycles. The second-order valence-electron chi connectivity index (χ2n) is 5.03. The number of carboxylic acid groups (broad SMARTS) is 1. The number of carboxylic acids is 1. The van der Waals surface area contributed by atoms with Gasteiger partial charge in [-0.15, -0.1) is 0 Å². The second-order valence-corrected chi connectivity index (χ2v) is 6.83. The summed E-state index contributed by atoms with van der Waals surface area (Å²) in [5.74, 6) is 0.848. The van der Waals surface area contributed by atoms with Crippen LogP contribution in [-0.2, 0) is 0 Å². The highest BCUT2D eigenvalue weighted by Crippen LogP contribution is 2.31. The normalized spacial score (nSPS) is 19.3. The van der Waals surface area contributed by atoms with Crippen LogP contribution in [0.25, 0.3) is 0 Å². The van der Waals surface area contributed by atoms with E-state index in [4.69, 9.17) is 5.11 Å². The summed E-state index contributed by atoms with van der Waals surface area (Å²) in [4.78, 5) is 17.3. The van der Waals surface area contributed by atoms with Gasteiger partial charge < -0.3 is 10.0 Å². The maximum atomic E-state index is 10.9. The van der Waals surface area contributed by atoms with Crippen LogP contribution in [0.1, 0.15) is 30.8 Å². The van der Waals surface area contributed by atoms with Crippen molar-refractivity contribution in [3.8, 4) is 0 Å². The maximum Gasteiger partial charge on any atom is 0.354 e. The van der Waals surface area contributed by atoms with Gasteiger partial charge in [-0.2, -0.15) is 11.8 Å². The Kier molecular flexibility index (Phi) is 3.80. The van der Waals surface area contributed by atoms with Gasteiger partial charge in [0.05, 0.1) is 0 Å². The van der Waals surface area contributed by atoms with Crippen LogP contribution in [-0.4, -0.2) is 39.6 Å². The number of rotatable bonds is 2. The zero-order valence-electron chi connectivity index (χ0n) is 10.7. The lowest BCUT2D eigenvalue weighted by molar-refractivity contribution is 0.0690. The van der Waals surface area contributed by atoms with E-state index in [1.54, 1.807) is 6.07 Å². The zero-order chi connectivity index (χ0) is 13.2. The highest BCUT2D eigenvalue weighted by Gasteiger charge is 2.24. The molecule has 2 heterocycles. The summed E-state index contributed by atoms with van der Waals surface area (Å²) in [5, 5.41) is 8.96. The number of carbonyl (C=O) groups is 1. The van der Waals surface area contributed by atoms with Gasteiger partial charge in [0.1, 0.15) is 5.82 Å². The van der Waals surface area contributed by atoms with Crippen molar-refractivity contribution in [1.82, 2.24) is 4.98 Å². The fraction of sp³-hybridized carbons (Fsp3) is 0.538. The molecule has 1 aliphatic rings. The van der Waals surface area contributed by atoms with E-state index in [-0.39, 0.29) is 5.69 Å². The summed E-state index contributed by atoms with van der Waals surface area (Å²) >= 11 is 1.96. The van der Waals surface area contributed by atoms with Crippen molar-refractivity contribution in [3.63, 3.8) is 0 Å². The lowest BCUT2D eigenvalue weighted by Crippen LogP contribution is -2.28. The van der Waals surface area contributed by atoms with Crippen LogP contribution in [0.2, 0.25) is 0 Å². The molecule has 18 heavy (non-hydrogen) atoms. The molecule has 1 saturated heterocycles. The van der Waals surface area contributed by atoms with Gasteiger partial charge in [0.2, 0.25) is 0 Å². The predicted molar refractivity (Wildman–Crippen MR) is 74.6 cm³/mol. The zero-order valence-corrected chi connectivity index (χ0v) is 11.5. The first-order valence-electron chi connectivity index (χ1n) is 6.07. The first-order valence-corrected chi connectivity index (χ1v) is 7.06. The summed E-state index contributed by atoms with van der Waals surface area (Å²) in [7, 11) is 0. The summed E-state index contributed by atoms with van der Waals surface area (Å²) in [6.07, 6.45) is 1.08. The van der Waals surface area contributed by atoms with E-state index in [9.17, 15) is 4.79 Å². The fourth-order valence-corrected chi connectivity index (χ4v) is 3.07. The van der Waals surface area contributed by atoms with Crippen LogP contribution in [0.15, 0.2) is 18.2 Å². The maximum absolute atomic E-state index is 10.9. The first-order chi connectivity index (χ1) is 8.48. The molecule has 0 unspecified atom stereocenters. The molecule has 5 heteroatoms. The number of hydrogen-bond donors (Lipinski definition) is 1. The van der Waals surface area contributed by atoms with Gasteiger partial charge in [0, 0.05) is 23.6 Å². The molecule has 1 aromatic rings. The Labute approximate surface area is 111 Å². The molecule has 0 radical (unpaired) electrons. The molecule has 0 spiro atoms. The molecule has 2 rings (SSSR count). The first kappa shape index (κ1) is 13.2. The minimum Gasteiger partial charge on any atom is -0.477 e. The average Bonchev–Trinajstić information content (AvgIpc) is 2.50. The fourth-order valence-electron chi connectivity index (χ4n) is 1.97. The van der Waals surface area contributed by atoms with E-state index in [0.29, 0.717) is 4.75 Å². The Morgan fingerprint density at radius 3 is 2.94 bits per heavy atom. The number of nitrogens with zero attached hydrogens (tertiary/aromatic N) is 2. The molecule has 0 bridgehead atoms. The van der Waals surface area contributed by atoms with Crippen molar-refractivity contribution in [1.29, 1.82) is 0 Å². The molecule has 0 atom stereocenters. The van der Waals surface area contributed by atoms with Crippen molar-refractivity contribution in [2.75, 3.05) is 23.7 Å². The second kappa shape index (κ2) is 5.18. The largest absolute Gasteiger partial charge is 0.477 e. The van der Waals surface area contributed by atoms with Gasteiger partial charge >= 0.3 is 5.97 Å². The third-order valence-corrected chi connectivity index (χ3v) is 4.49. The standard InChI is InChI=1S/C13H18N2O2S/c1-13(2)6-7-15(8-9-18-13)11-5-3-4-10(14-11)12(16)17/h3-5H,6-9H2,1-2H3,(H,16,17). The van der Waals surface area contributed by atoms with E-state index in [0.717, 1.165) is 31.1 Å². The van der Waals surface area contributed by atoms with Gasteiger partial charge in [0.25, 0.3) is 0 Å². The van der Waals surface area contributed by atoms with Gasteiger partial charge in [-0.05, 0) is 18.6 Å². The molecule has 1 N–H and O–H groups in total. The Morgan fingerprint density at radius 1 is 1.44 bits per heavy atom. The van der Waals surface area contributed by atoms with E-state index >= 15 is 0 Å². The average molecular weight is 266 g/mol. The van der Waals surface area contributed by atoms with Crippen molar-refractivity contribution in [2.24, 2.45) is 0 Å². The molecular formula is C13H18N2O2S. The number of anilines is 1. The van der Waals surface area contributed by atoms with E-state index < -0.39 is 5.97 Å². The van der Waals surface area contributed by atoms with Gasteiger partial charge in [-0.25, -0.2) is 9.78 Å². The summed E-state index contributed by atoms with van der Waals surface area (Å²) in [6.45, 7) is 6.35. The summed E-state index contributed by atoms with van der Waals surface area (Å²) in [6, 6.07) is 5.17. The quantitative estimate of drug-likeness (QED) is 0.891. The van der Waals surface area contributed by atoms with Gasteiger partial charge in [0.15, 0.2) is 5.69 Å². The third-order valence-electron chi connectivity index (χ3n) is 3.12. The molecule has 0 aliphatic carbocycles. The number of aromatic carboxylic acids is 1. The van der Waals surface area contributed by atoms with Crippen molar-refractivity contribution in [2.45, 2.75) is 25.0 Å².